The maximum Gasteiger partial charge on any atom is 0.209 e. The first-order chi connectivity index (χ1) is 8.24. The zero-order chi connectivity index (χ0) is 11.8. The Labute approximate surface area is 112 Å². The van der Waals surface area contributed by atoms with E-state index in [0.717, 1.165) is 15.4 Å². The lowest BCUT2D eigenvalue weighted by Crippen LogP contribution is -2.27. The highest BCUT2D eigenvalue weighted by Crippen LogP contribution is 2.31. The van der Waals surface area contributed by atoms with E-state index in [9.17, 15) is 0 Å². The molecule has 0 spiro atoms. The molecule has 0 radical (unpaired) electrons. The van der Waals surface area contributed by atoms with Gasteiger partial charge in [-0.3, -0.25) is 0 Å². The molecule has 0 saturated heterocycles. The summed E-state index contributed by atoms with van der Waals surface area (Å²) in [5.41, 5.74) is 6.02. The highest BCUT2D eigenvalue weighted by atomic mass is 79.9. The van der Waals surface area contributed by atoms with Crippen molar-refractivity contribution >= 4 is 27.7 Å². The number of aryl methyl sites for hydroxylation is 1. The summed E-state index contributed by atoms with van der Waals surface area (Å²) in [6.07, 6.45) is 1.71. The summed E-state index contributed by atoms with van der Waals surface area (Å²) in [4.78, 5) is 0. The van der Waals surface area contributed by atoms with Gasteiger partial charge in [0, 0.05) is 10.2 Å². The van der Waals surface area contributed by atoms with E-state index < -0.39 is 0 Å². The van der Waals surface area contributed by atoms with Crippen LogP contribution < -0.4 is 5.43 Å². The molecule has 1 atom stereocenters. The SMILES string of the molecule is Cc1ccc(Br)cc1C1CSc2nncn2N1. The van der Waals surface area contributed by atoms with Crippen molar-refractivity contribution in [2.24, 2.45) is 0 Å². The van der Waals surface area contributed by atoms with Gasteiger partial charge in [-0.15, -0.1) is 10.2 Å². The molecular formula is C11H11BrN4S. The molecule has 0 saturated carbocycles. The Balaban J connectivity index is 1.94. The van der Waals surface area contributed by atoms with Crippen LogP contribution in [-0.2, 0) is 0 Å². The number of nitrogens with one attached hydrogen (secondary N) is 1. The second-order valence-electron chi connectivity index (χ2n) is 3.98. The van der Waals surface area contributed by atoms with Crippen LogP contribution in [0, 0.1) is 6.92 Å². The van der Waals surface area contributed by atoms with Crippen molar-refractivity contribution in [1.29, 1.82) is 0 Å². The van der Waals surface area contributed by atoms with Gasteiger partial charge < -0.3 is 5.43 Å². The Morgan fingerprint density at radius 3 is 3.29 bits per heavy atom. The smallest absolute Gasteiger partial charge is 0.209 e. The number of benzene rings is 1. The fourth-order valence-corrected chi connectivity index (χ4v) is 3.21. The summed E-state index contributed by atoms with van der Waals surface area (Å²) in [5, 5.41) is 8.85. The van der Waals surface area contributed by atoms with Crippen molar-refractivity contribution < 1.29 is 0 Å². The van der Waals surface area contributed by atoms with E-state index >= 15 is 0 Å². The molecule has 3 rings (SSSR count). The van der Waals surface area contributed by atoms with E-state index in [1.165, 1.54) is 11.1 Å². The summed E-state index contributed by atoms with van der Waals surface area (Å²) in [7, 11) is 0. The van der Waals surface area contributed by atoms with Crippen molar-refractivity contribution in [1.82, 2.24) is 14.9 Å². The standard InChI is InChI=1S/C11H11BrN4S/c1-7-2-3-8(12)4-9(7)10-5-17-11-14-13-6-16(11)15-10/h2-4,6,10,15H,5H2,1H3. The Hall–Kier alpha value is -1.01. The third-order valence-corrected chi connectivity index (χ3v) is 4.34. The normalized spacial score (nSPS) is 18.6. The molecule has 0 fully saturated rings. The van der Waals surface area contributed by atoms with Crippen molar-refractivity contribution in [3.63, 3.8) is 0 Å². The van der Waals surface area contributed by atoms with Crippen LogP contribution in [0.2, 0.25) is 0 Å². The van der Waals surface area contributed by atoms with Crippen molar-refractivity contribution in [3.8, 4) is 0 Å². The average molecular weight is 311 g/mol. The van der Waals surface area contributed by atoms with Gasteiger partial charge in [-0.1, -0.05) is 33.8 Å². The van der Waals surface area contributed by atoms with Gasteiger partial charge in [-0.05, 0) is 30.2 Å². The average Bonchev–Trinajstić information content (AvgIpc) is 2.79. The van der Waals surface area contributed by atoms with E-state index in [-0.39, 0.29) is 0 Å². The van der Waals surface area contributed by atoms with E-state index in [0.29, 0.717) is 6.04 Å². The highest BCUT2D eigenvalue weighted by molar-refractivity contribution is 9.10. The monoisotopic (exact) mass is 310 g/mol. The molecule has 0 aliphatic carbocycles. The molecule has 2 heterocycles. The van der Waals surface area contributed by atoms with Gasteiger partial charge in [-0.25, -0.2) is 4.68 Å². The van der Waals surface area contributed by atoms with Gasteiger partial charge in [0.05, 0.1) is 6.04 Å². The first-order valence-electron chi connectivity index (χ1n) is 5.29. The second-order valence-corrected chi connectivity index (χ2v) is 5.88. The third-order valence-electron chi connectivity index (χ3n) is 2.81. The van der Waals surface area contributed by atoms with Gasteiger partial charge in [0.15, 0.2) is 0 Å². The molecule has 1 aliphatic heterocycles. The first kappa shape index (κ1) is 11.1. The van der Waals surface area contributed by atoms with Crippen LogP contribution in [0.5, 0.6) is 0 Å². The predicted octanol–water partition coefficient (Wildman–Crippen LogP) is 2.74. The van der Waals surface area contributed by atoms with Crippen LogP contribution in [0.15, 0.2) is 34.2 Å². The number of halogens is 1. The van der Waals surface area contributed by atoms with Crippen LogP contribution >= 0.6 is 27.7 Å². The Kier molecular flexibility index (Phi) is 2.84. The van der Waals surface area contributed by atoms with Gasteiger partial charge in [-0.2, -0.15) is 0 Å². The van der Waals surface area contributed by atoms with Crippen LogP contribution in [0.4, 0.5) is 0 Å². The number of hydrogen-bond acceptors (Lipinski definition) is 4. The van der Waals surface area contributed by atoms with Gasteiger partial charge in [0.2, 0.25) is 5.16 Å². The Bertz CT molecular complexity index is 554. The number of nitrogens with zero attached hydrogens (tertiary/aromatic N) is 3. The maximum atomic E-state index is 4.03. The van der Waals surface area contributed by atoms with Crippen LogP contribution in [0.3, 0.4) is 0 Å². The minimum absolute atomic E-state index is 0.293. The van der Waals surface area contributed by atoms with E-state index in [1.54, 1.807) is 18.1 Å². The third kappa shape index (κ3) is 2.07. The fourth-order valence-electron chi connectivity index (χ4n) is 1.92. The molecule has 4 nitrogen and oxygen atoms in total. The van der Waals surface area contributed by atoms with Crippen molar-refractivity contribution in [2.75, 3.05) is 11.2 Å². The molecular weight excluding hydrogens is 300 g/mol. The largest absolute Gasteiger partial charge is 0.314 e. The zero-order valence-corrected chi connectivity index (χ0v) is 11.6. The van der Waals surface area contributed by atoms with E-state index in [1.807, 2.05) is 4.68 Å². The molecule has 17 heavy (non-hydrogen) atoms. The Morgan fingerprint density at radius 1 is 1.53 bits per heavy atom. The lowest BCUT2D eigenvalue weighted by atomic mass is 10.0. The minimum atomic E-state index is 0.293. The lowest BCUT2D eigenvalue weighted by Gasteiger charge is -2.26. The summed E-state index contributed by atoms with van der Waals surface area (Å²) in [6.45, 7) is 2.13. The first-order valence-corrected chi connectivity index (χ1v) is 7.07. The number of fused-ring (bicyclic) bond motifs is 1. The van der Waals surface area contributed by atoms with Crippen LogP contribution in [0.1, 0.15) is 17.2 Å². The number of hydrogen-bond donors (Lipinski definition) is 1. The molecule has 1 N–H and O–H groups in total. The summed E-state index contributed by atoms with van der Waals surface area (Å²) in [5.74, 6) is 0.968. The highest BCUT2D eigenvalue weighted by Gasteiger charge is 2.22. The molecule has 0 amide bonds. The van der Waals surface area contributed by atoms with Crippen LogP contribution in [-0.4, -0.2) is 20.6 Å². The molecule has 1 aromatic carbocycles. The summed E-state index contributed by atoms with van der Waals surface area (Å²) in [6, 6.07) is 6.66. The number of aromatic nitrogens is 3. The van der Waals surface area contributed by atoms with Crippen molar-refractivity contribution in [2.45, 2.75) is 18.1 Å². The number of thioether (sulfide) groups is 1. The lowest BCUT2D eigenvalue weighted by molar-refractivity contribution is 0.656. The number of rotatable bonds is 1. The topological polar surface area (TPSA) is 42.7 Å². The molecule has 1 aromatic heterocycles. The minimum Gasteiger partial charge on any atom is -0.314 e. The van der Waals surface area contributed by atoms with E-state index in [2.05, 4.69) is 56.7 Å². The summed E-state index contributed by atoms with van der Waals surface area (Å²) >= 11 is 5.25. The second kappa shape index (κ2) is 4.34. The Morgan fingerprint density at radius 2 is 2.41 bits per heavy atom. The van der Waals surface area contributed by atoms with Gasteiger partial charge in [0.1, 0.15) is 6.33 Å². The van der Waals surface area contributed by atoms with Crippen molar-refractivity contribution in [3.05, 3.63) is 40.1 Å². The van der Waals surface area contributed by atoms with Gasteiger partial charge >= 0.3 is 0 Å². The van der Waals surface area contributed by atoms with Gasteiger partial charge in [0.25, 0.3) is 0 Å². The molecule has 6 heteroatoms. The molecule has 1 aliphatic rings. The summed E-state index contributed by atoms with van der Waals surface area (Å²) < 4.78 is 3.00. The molecule has 1 unspecified atom stereocenters. The maximum absolute atomic E-state index is 4.03. The molecule has 88 valence electrons. The quantitative estimate of drug-likeness (QED) is 0.879. The fraction of sp³-hybridized carbons (Fsp3) is 0.273. The zero-order valence-electron chi connectivity index (χ0n) is 9.22. The molecule has 0 bridgehead atoms. The molecule has 2 aromatic rings. The van der Waals surface area contributed by atoms with E-state index in [4.69, 9.17) is 0 Å². The predicted molar refractivity (Wildman–Crippen MR) is 71.7 cm³/mol. The van der Waals surface area contributed by atoms with Crippen LogP contribution in [0.25, 0.3) is 0 Å².